The summed E-state index contributed by atoms with van der Waals surface area (Å²) in [5.41, 5.74) is 8.36. The van der Waals surface area contributed by atoms with Crippen LogP contribution in [0.2, 0.25) is 0 Å². The van der Waals surface area contributed by atoms with E-state index in [1.54, 1.807) is 0 Å². The van der Waals surface area contributed by atoms with Crippen LogP contribution in [0, 0.1) is 5.92 Å². The molecule has 0 spiro atoms. The van der Waals surface area contributed by atoms with Gasteiger partial charge >= 0.3 is 0 Å². The van der Waals surface area contributed by atoms with Gasteiger partial charge in [0, 0.05) is 25.8 Å². The van der Waals surface area contributed by atoms with Crippen molar-refractivity contribution in [3.8, 4) is 5.69 Å². The van der Waals surface area contributed by atoms with Crippen LogP contribution in [-0.2, 0) is 6.42 Å². The molecule has 1 aromatic heterocycles. The number of hydrogen-bond acceptors (Lipinski definition) is 2. The Morgan fingerprint density at radius 2 is 1.96 bits per heavy atom. The van der Waals surface area contributed by atoms with Crippen LogP contribution in [0.1, 0.15) is 25.3 Å². The van der Waals surface area contributed by atoms with E-state index >= 15 is 0 Å². The molecule has 0 atom stereocenters. The van der Waals surface area contributed by atoms with Gasteiger partial charge in [0.15, 0.2) is 5.96 Å². The summed E-state index contributed by atoms with van der Waals surface area (Å²) in [6.45, 7) is 5.07. The van der Waals surface area contributed by atoms with Gasteiger partial charge in [0.1, 0.15) is 0 Å². The Morgan fingerprint density at radius 3 is 2.67 bits per heavy atom. The van der Waals surface area contributed by atoms with E-state index in [0.717, 1.165) is 31.1 Å². The molecule has 2 heterocycles. The minimum Gasteiger partial charge on any atom is -0.370 e. The molecule has 0 aliphatic carbocycles. The first-order chi connectivity index (χ1) is 11.2. The number of piperidine rings is 1. The topological polar surface area (TPSA) is 59.4 Å². The van der Waals surface area contributed by atoms with Gasteiger partial charge in [-0.1, -0.05) is 25.1 Å². The van der Waals surface area contributed by atoms with Crippen LogP contribution in [-0.4, -0.2) is 40.3 Å². The van der Waals surface area contributed by atoms with Crippen LogP contribution in [0.4, 0.5) is 0 Å². The zero-order valence-corrected chi connectivity index (χ0v) is 16.5. The van der Waals surface area contributed by atoms with Gasteiger partial charge in [-0.3, -0.25) is 4.99 Å². The number of hydrogen-bond donors (Lipinski definition) is 1. The summed E-state index contributed by atoms with van der Waals surface area (Å²) in [7, 11) is 0. The van der Waals surface area contributed by atoms with Crippen molar-refractivity contribution in [1.29, 1.82) is 0 Å². The van der Waals surface area contributed by atoms with Crippen molar-refractivity contribution < 1.29 is 0 Å². The Morgan fingerprint density at radius 1 is 1.25 bits per heavy atom. The van der Waals surface area contributed by atoms with Gasteiger partial charge in [0.2, 0.25) is 0 Å². The average molecular weight is 439 g/mol. The fraction of sp³-hybridized carbons (Fsp3) is 0.444. The third-order valence-corrected chi connectivity index (χ3v) is 4.44. The van der Waals surface area contributed by atoms with E-state index in [9.17, 15) is 0 Å². The van der Waals surface area contributed by atoms with Crippen molar-refractivity contribution in [3.63, 3.8) is 0 Å². The van der Waals surface area contributed by atoms with Crippen molar-refractivity contribution in [2.75, 3.05) is 19.6 Å². The molecule has 1 aliphatic rings. The van der Waals surface area contributed by atoms with Gasteiger partial charge in [-0.2, -0.15) is 5.10 Å². The number of rotatable bonds is 4. The molecule has 6 heteroatoms. The molecule has 0 radical (unpaired) electrons. The number of nitrogens with zero attached hydrogens (tertiary/aromatic N) is 4. The predicted octanol–water partition coefficient (Wildman–Crippen LogP) is 3.08. The van der Waals surface area contributed by atoms with Crippen LogP contribution in [0.25, 0.3) is 5.69 Å². The van der Waals surface area contributed by atoms with E-state index in [0.29, 0.717) is 12.5 Å². The quantitative estimate of drug-likeness (QED) is 0.453. The molecule has 5 nitrogen and oxygen atoms in total. The second kappa shape index (κ2) is 9.05. The van der Waals surface area contributed by atoms with Crippen molar-refractivity contribution >= 4 is 29.9 Å². The van der Waals surface area contributed by atoms with Crippen LogP contribution in [0.15, 0.2) is 47.7 Å². The SMILES string of the molecule is CC1CCN(C(N)=NCCc2cnn(-c3ccccc3)c2)CC1.I. The Balaban J connectivity index is 0.00000208. The Bertz CT molecular complexity index is 644. The van der Waals surface area contributed by atoms with E-state index in [1.165, 1.54) is 18.4 Å². The highest BCUT2D eigenvalue weighted by molar-refractivity contribution is 14.0. The minimum absolute atomic E-state index is 0. The number of para-hydroxylation sites is 1. The van der Waals surface area contributed by atoms with E-state index < -0.39 is 0 Å². The maximum atomic E-state index is 6.11. The molecule has 2 N–H and O–H groups in total. The molecule has 0 amide bonds. The highest BCUT2D eigenvalue weighted by atomic mass is 127. The third kappa shape index (κ3) is 4.96. The summed E-state index contributed by atoms with van der Waals surface area (Å²) >= 11 is 0. The minimum atomic E-state index is 0. The van der Waals surface area contributed by atoms with Crippen LogP contribution >= 0.6 is 24.0 Å². The zero-order valence-electron chi connectivity index (χ0n) is 14.1. The highest BCUT2D eigenvalue weighted by Crippen LogP contribution is 2.15. The van der Waals surface area contributed by atoms with Crippen LogP contribution in [0.3, 0.4) is 0 Å². The number of benzene rings is 1. The van der Waals surface area contributed by atoms with Crippen LogP contribution < -0.4 is 5.73 Å². The molecule has 24 heavy (non-hydrogen) atoms. The highest BCUT2D eigenvalue weighted by Gasteiger charge is 2.16. The molecule has 1 fully saturated rings. The number of likely N-dealkylation sites (tertiary alicyclic amines) is 1. The molecule has 130 valence electrons. The fourth-order valence-electron chi connectivity index (χ4n) is 2.85. The van der Waals surface area contributed by atoms with Crippen LogP contribution in [0.5, 0.6) is 0 Å². The molecule has 0 saturated carbocycles. The van der Waals surface area contributed by atoms with Gasteiger partial charge in [-0.05, 0) is 42.9 Å². The number of halogens is 1. The summed E-state index contributed by atoms with van der Waals surface area (Å²) < 4.78 is 1.90. The molecular formula is C18H26IN5. The van der Waals surface area contributed by atoms with Crippen molar-refractivity contribution in [1.82, 2.24) is 14.7 Å². The van der Waals surface area contributed by atoms with Crippen molar-refractivity contribution in [3.05, 3.63) is 48.3 Å². The lowest BCUT2D eigenvalue weighted by Gasteiger charge is -2.31. The van der Waals surface area contributed by atoms with E-state index in [1.807, 2.05) is 41.2 Å². The maximum Gasteiger partial charge on any atom is 0.191 e. The molecule has 1 aromatic carbocycles. The molecule has 1 aliphatic heterocycles. The summed E-state index contributed by atoms with van der Waals surface area (Å²) in [6, 6.07) is 10.1. The first kappa shape index (κ1) is 18.8. The summed E-state index contributed by atoms with van der Waals surface area (Å²) in [6.07, 6.45) is 7.24. The Labute approximate surface area is 161 Å². The van der Waals surface area contributed by atoms with Crippen molar-refractivity contribution in [2.45, 2.75) is 26.2 Å². The lowest BCUT2D eigenvalue weighted by atomic mass is 10.00. The second-order valence-electron chi connectivity index (χ2n) is 6.29. The first-order valence-electron chi connectivity index (χ1n) is 8.36. The maximum absolute atomic E-state index is 6.11. The van der Waals surface area contributed by atoms with E-state index in [4.69, 9.17) is 5.73 Å². The van der Waals surface area contributed by atoms with Gasteiger partial charge in [-0.15, -0.1) is 24.0 Å². The van der Waals surface area contributed by atoms with E-state index in [-0.39, 0.29) is 24.0 Å². The number of nitrogens with two attached hydrogens (primary N) is 1. The Kier molecular flexibility index (Phi) is 7.08. The average Bonchev–Trinajstić information content (AvgIpc) is 3.05. The lowest BCUT2D eigenvalue weighted by molar-refractivity contribution is 0.277. The summed E-state index contributed by atoms with van der Waals surface area (Å²) in [5.74, 6) is 1.50. The molecular weight excluding hydrogens is 413 g/mol. The molecule has 0 bridgehead atoms. The molecule has 1 saturated heterocycles. The molecule has 2 aromatic rings. The smallest absolute Gasteiger partial charge is 0.191 e. The predicted molar refractivity (Wildman–Crippen MR) is 109 cm³/mol. The summed E-state index contributed by atoms with van der Waals surface area (Å²) in [4.78, 5) is 6.74. The monoisotopic (exact) mass is 439 g/mol. The zero-order chi connectivity index (χ0) is 16.1. The van der Waals surface area contributed by atoms with Gasteiger partial charge < -0.3 is 10.6 Å². The Hall–Kier alpha value is -1.57. The fourth-order valence-corrected chi connectivity index (χ4v) is 2.85. The number of aromatic nitrogens is 2. The second-order valence-corrected chi connectivity index (χ2v) is 6.29. The molecule has 3 rings (SSSR count). The summed E-state index contributed by atoms with van der Waals surface area (Å²) in [5, 5.41) is 4.41. The van der Waals surface area contributed by atoms with Gasteiger partial charge in [0.25, 0.3) is 0 Å². The number of guanidine groups is 1. The normalized spacial score (nSPS) is 16.0. The standard InChI is InChI=1S/C18H25N5.HI/c1-15-8-11-22(12-9-15)18(19)20-10-7-16-13-21-23(14-16)17-5-3-2-4-6-17;/h2-6,13-15H,7-12H2,1H3,(H2,19,20);1H. The first-order valence-corrected chi connectivity index (χ1v) is 8.36. The van der Waals surface area contributed by atoms with Crippen molar-refractivity contribution in [2.24, 2.45) is 16.6 Å². The molecule has 0 unspecified atom stereocenters. The largest absolute Gasteiger partial charge is 0.370 e. The van der Waals surface area contributed by atoms with Gasteiger partial charge in [-0.25, -0.2) is 4.68 Å². The lowest BCUT2D eigenvalue weighted by Crippen LogP contribution is -2.42. The third-order valence-electron chi connectivity index (χ3n) is 4.44. The van der Waals surface area contributed by atoms with E-state index in [2.05, 4.69) is 28.1 Å². The number of aliphatic imine (C=N–C) groups is 1. The van der Waals surface area contributed by atoms with Gasteiger partial charge in [0.05, 0.1) is 11.9 Å².